The molecule has 0 bridgehead atoms. The molecule has 52 valence electrons. The average Bonchev–Trinajstić information content (AvgIpc) is 1.83. The first-order chi connectivity index (χ1) is 4.22. The van der Waals surface area contributed by atoms with Crippen molar-refractivity contribution in [3.63, 3.8) is 0 Å². The molecule has 0 aromatic heterocycles. The third-order valence-corrected chi connectivity index (χ3v) is 1.89. The van der Waals surface area contributed by atoms with Crippen molar-refractivity contribution in [3.8, 4) is 0 Å². The molecule has 0 heterocycles. The first-order valence-corrected chi connectivity index (χ1v) is 3.39. The summed E-state index contributed by atoms with van der Waals surface area (Å²) < 4.78 is 12.5. The number of carbonyl (C=O) groups excluding carboxylic acids is 1. The van der Waals surface area contributed by atoms with E-state index < -0.39 is 6.17 Å². The molecular formula is C7H11FO. The molecule has 0 aromatic carbocycles. The van der Waals surface area contributed by atoms with Crippen LogP contribution >= 0.6 is 0 Å². The molecule has 1 aliphatic carbocycles. The molecule has 2 atom stereocenters. The fraction of sp³-hybridized carbons (Fsp3) is 0.857. The summed E-state index contributed by atoms with van der Waals surface area (Å²) >= 11 is 0. The lowest BCUT2D eigenvalue weighted by Crippen LogP contribution is -2.27. The molecule has 1 saturated carbocycles. The van der Waals surface area contributed by atoms with Gasteiger partial charge in [0.1, 0.15) is 0 Å². The summed E-state index contributed by atoms with van der Waals surface area (Å²) in [5.41, 5.74) is 0. The Kier molecular flexibility index (Phi) is 1.84. The summed E-state index contributed by atoms with van der Waals surface area (Å²) in [7, 11) is 0. The van der Waals surface area contributed by atoms with E-state index in [4.69, 9.17) is 0 Å². The van der Waals surface area contributed by atoms with E-state index in [2.05, 4.69) is 0 Å². The highest BCUT2D eigenvalue weighted by atomic mass is 19.1. The third-order valence-electron chi connectivity index (χ3n) is 1.89. The van der Waals surface area contributed by atoms with Gasteiger partial charge in [0, 0.05) is 5.92 Å². The smallest absolute Gasteiger partial charge is 0.169 e. The van der Waals surface area contributed by atoms with Gasteiger partial charge in [-0.1, -0.05) is 6.92 Å². The van der Waals surface area contributed by atoms with Crippen molar-refractivity contribution < 1.29 is 9.18 Å². The molecule has 1 fully saturated rings. The Labute approximate surface area is 54.3 Å². The van der Waals surface area contributed by atoms with Gasteiger partial charge in [-0.3, -0.25) is 4.79 Å². The van der Waals surface area contributed by atoms with Gasteiger partial charge in [-0.05, 0) is 19.3 Å². The van der Waals surface area contributed by atoms with Crippen LogP contribution in [0.3, 0.4) is 0 Å². The van der Waals surface area contributed by atoms with Gasteiger partial charge in [0.05, 0.1) is 0 Å². The van der Waals surface area contributed by atoms with Crippen LogP contribution in [-0.2, 0) is 4.79 Å². The fourth-order valence-corrected chi connectivity index (χ4v) is 1.20. The average molecular weight is 130 g/mol. The predicted octanol–water partition coefficient (Wildman–Crippen LogP) is 1.71. The molecule has 1 aliphatic rings. The second-order valence-electron chi connectivity index (χ2n) is 2.70. The van der Waals surface area contributed by atoms with E-state index in [-0.39, 0.29) is 11.7 Å². The molecule has 1 rings (SSSR count). The van der Waals surface area contributed by atoms with Crippen molar-refractivity contribution in [2.24, 2.45) is 5.92 Å². The van der Waals surface area contributed by atoms with Gasteiger partial charge in [0.2, 0.25) is 0 Å². The number of hydrogen-bond donors (Lipinski definition) is 0. The molecule has 0 radical (unpaired) electrons. The maximum absolute atomic E-state index is 12.5. The van der Waals surface area contributed by atoms with Crippen LogP contribution in [-0.4, -0.2) is 12.0 Å². The zero-order chi connectivity index (χ0) is 6.85. The number of halogens is 1. The monoisotopic (exact) mass is 130 g/mol. The van der Waals surface area contributed by atoms with Crippen LogP contribution < -0.4 is 0 Å². The molecule has 0 unspecified atom stereocenters. The number of alkyl halides is 1. The lowest BCUT2D eigenvalue weighted by atomic mass is 9.88. The zero-order valence-electron chi connectivity index (χ0n) is 5.56. The lowest BCUT2D eigenvalue weighted by molar-refractivity contribution is -0.129. The van der Waals surface area contributed by atoms with Crippen LogP contribution in [0.2, 0.25) is 0 Å². The SMILES string of the molecule is C[C@@H]1CCC[C@H](F)C1=O. The van der Waals surface area contributed by atoms with Crippen molar-refractivity contribution in [2.45, 2.75) is 32.4 Å². The maximum Gasteiger partial charge on any atom is 0.169 e. The molecule has 0 aromatic rings. The molecule has 0 saturated heterocycles. The van der Waals surface area contributed by atoms with Gasteiger partial charge in [0.25, 0.3) is 0 Å². The van der Waals surface area contributed by atoms with Crippen LogP contribution in [0.25, 0.3) is 0 Å². The third kappa shape index (κ3) is 1.29. The number of carbonyl (C=O) groups is 1. The molecule has 0 spiro atoms. The highest BCUT2D eigenvalue weighted by Crippen LogP contribution is 2.22. The Morgan fingerprint density at radius 1 is 1.56 bits per heavy atom. The highest BCUT2D eigenvalue weighted by Gasteiger charge is 2.27. The Morgan fingerprint density at radius 2 is 2.22 bits per heavy atom. The Balaban J connectivity index is 2.52. The summed E-state index contributed by atoms with van der Waals surface area (Å²) in [6, 6.07) is 0. The predicted molar refractivity (Wildman–Crippen MR) is 32.9 cm³/mol. The Morgan fingerprint density at radius 3 is 2.67 bits per heavy atom. The summed E-state index contributed by atoms with van der Waals surface area (Å²) in [5.74, 6) is -0.227. The Bertz CT molecular complexity index is 110. The number of hydrogen-bond acceptors (Lipinski definition) is 1. The van der Waals surface area contributed by atoms with Crippen molar-refractivity contribution in [1.29, 1.82) is 0 Å². The molecular weight excluding hydrogens is 119 g/mol. The molecule has 1 nitrogen and oxygen atoms in total. The van der Waals surface area contributed by atoms with Crippen molar-refractivity contribution in [2.75, 3.05) is 0 Å². The minimum absolute atomic E-state index is 0.0336. The van der Waals surface area contributed by atoms with Crippen LogP contribution in [0.5, 0.6) is 0 Å². The highest BCUT2D eigenvalue weighted by molar-refractivity contribution is 5.85. The van der Waals surface area contributed by atoms with E-state index in [1.165, 1.54) is 0 Å². The molecule has 9 heavy (non-hydrogen) atoms. The second kappa shape index (κ2) is 2.46. The van der Waals surface area contributed by atoms with Crippen LogP contribution in [0.1, 0.15) is 26.2 Å². The van der Waals surface area contributed by atoms with Gasteiger partial charge in [0.15, 0.2) is 12.0 Å². The second-order valence-corrected chi connectivity index (χ2v) is 2.70. The summed E-state index contributed by atoms with van der Waals surface area (Å²) in [4.78, 5) is 10.8. The maximum atomic E-state index is 12.5. The first kappa shape index (κ1) is 6.72. The van der Waals surface area contributed by atoms with Crippen LogP contribution in [0, 0.1) is 5.92 Å². The van der Waals surface area contributed by atoms with Crippen molar-refractivity contribution in [3.05, 3.63) is 0 Å². The van der Waals surface area contributed by atoms with E-state index in [0.29, 0.717) is 6.42 Å². The summed E-state index contributed by atoms with van der Waals surface area (Å²) in [6.45, 7) is 1.80. The van der Waals surface area contributed by atoms with Crippen LogP contribution in [0.15, 0.2) is 0 Å². The van der Waals surface area contributed by atoms with Crippen LogP contribution in [0.4, 0.5) is 4.39 Å². The number of ketones is 1. The van der Waals surface area contributed by atoms with Gasteiger partial charge < -0.3 is 0 Å². The number of rotatable bonds is 0. The zero-order valence-corrected chi connectivity index (χ0v) is 5.56. The first-order valence-electron chi connectivity index (χ1n) is 3.39. The van der Waals surface area contributed by atoms with Crippen molar-refractivity contribution in [1.82, 2.24) is 0 Å². The van der Waals surface area contributed by atoms with Gasteiger partial charge in [-0.25, -0.2) is 4.39 Å². The van der Waals surface area contributed by atoms with Gasteiger partial charge in [-0.2, -0.15) is 0 Å². The van der Waals surface area contributed by atoms with Gasteiger partial charge in [-0.15, -0.1) is 0 Å². The number of Topliss-reactive ketones (excluding diaryl/α,β-unsaturated/α-hetero) is 1. The molecule has 0 aliphatic heterocycles. The van der Waals surface area contributed by atoms with E-state index in [1.807, 2.05) is 0 Å². The topological polar surface area (TPSA) is 17.1 Å². The van der Waals surface area contributed by atoms with E-state index >= 15 is 0 Å². The molecule has 2 heteroatoms. The fourth-order valence-electron chi connectivity index (χ4n) is 1.20. The standard InChI is InChI=1S/C7H11FO/c1-5-3-2-4-6(8)7(5)9/h5-6H,2-4H2,1H3/t5-,6+/m1/s1. The molecule has 0 N–H and O–H groups in total. The largest absolute Gasteiger partial charge is 0.296 e. The quantitative estimate of drug-likeness (QED) is 0.488. The molecule has 0 amide bonds. The summed E-state index contributed by atoms with van der Waals surface area (Å²) in [6.07, 6.45) is 1.03. The minimum Gasteiger partial charge on any atom is -0.296 e. The van der Waals surface area contributed by atoms with E-state index in [1.54, 1.807) is 6.92 Å². The van der Waals surface area contributed by atoms with E-state index in [9.17, 15) is 9.18 Å². The van der Waals surface area contributed by atoms with E-state index in [0.717, 1.165) is 12.8 Å². The van der Waals surface area contributed by atoms with Gasteiger partial charge >= 0.3 is 0 Å². The Hall–Kier alpha value is -0.400. The normalized spacial score (nSPS) is 36.9. The minimum atomic E-state index is -1.16. The lowest BCUT2D eigenvalue weighted by Gasteiger charge is -2.18. The summed E-state index contributed by atoms with van der Waals surface area (Å²) in [5, 5.41) is 0. The van der Waals surface area contributed by atoms with Crippen molar-refractivity contribution >= 4 is 5.78 Å².